The van der Waals surface area contributed by atoms with E-state index in [0.717, 1.165) is 5.69 Å². The summed E-state index contributed by atoms with van der Waals surface area (Å²) in [7, 11) is 4.70. The van der Waals surface area contributed by atoms with Crippen LogP contribution in [0.3, 0.4) is 0 Å². The number of hydroxylamine groups is 2. The molecule has 1 heterocycles. The Bertz CT molecular complexity index is 618. The molecule has 0 aliphatic carbocycles. The highest BCUT2D eigenvalue weighted by Crippen LogP contribution is 2.20. The Hall–Kier alpha value is -1.85. The molecule has 0 unspecified atom stereocenters. The van der Waals surface area contributed by atoms with Crippen molar-refractivity contribution in [3.05, 3.63) is 51.6 Å². The van der Waals surface area contributed by atoms with E-state index in [1.54, 1.807) is 18.7 Å². The predicted octanol–water partition coefficient (Wildman–Crippen LogP) is 1.55. The maximum atomic E-state index is 12.4. The van der Waals surface area contributed by atoms with Crippen molar-refractivity contribution in [1.82, 2.24) is 14.0 Å². The van der Waals surface area contributed by atoms with E-state index in [9.17, 15) is 10.0 Å². The number of nitrogens with zero attached hydrogens (tertiary/aromatic N) is 3. The first-order valence-corrected chi connectivity index (χ1v) is 5.73. The fraction of sp³-hybridized carbons (Fsp3) is 0.308. The maximum absolute atomic E-state index is 12.4. The molecule has 18 heavy (non-hydrogen) atoms. The Morgan fingerprint density at radius 1 is 1.17 bits per heavy atom. The van der Waals surface area contributed by atoms with Crippen LogP contribution >= 0.6 is 0 Å². The Labute approximate surface area is 106 Å². The molecule has 0 bridgehead atoms. The summed E-state index contributed by atoms with van der Waals surface area (Å²) in [4.78, 5) is 12.4. The quantitative estimate of drug-likeness (QED) is 0.597. The Kier molecular flexibility index (Phi) is 2.88. The first kappa shape index (κ1) is 12.6. The largest absolute Gasteiger partial charge is 0.628 e. The lowest BCUT2D eigenvalue weighted by Crippen LogP contribution is -2.37. The molecule has 1 aromatic heterocycles. The Morgan fingerprint density at radius 3 is 2.17 bits per heavy atom. The molecular weight excluding hydrogens is 230 g/mol. The minimum atomic E-state index is -0.724. The summed E-state index contributed by atoms with van der Waals surface area (Å²) in [6, 6.07) is 9.30. The van der Waals surface area contributed by atoms with E-state index in [0.29, 0.717) is 5.69 Å². The number of hydrogen-bond donors (Lipinski definition) is 0. The van der Waals surface area contributed by atoms with Crippen LogP contribution in [-0.4, -0.2) is 23.5 Å². The normalized spacial score (nSPS) is 11.8. The molecule has 2 aromatic rings. The van der Waals surface area contributed by atoms with E-state index in [1.165, 1.54) is 18.8 Å². The van der Waals surface area contributed by atoms with Gasteiger partial charge in [-0.2, -0.15) is 0 Å². The fourth-order valence-electron chi connectivity index (χ4n) is 2.17. The number of aromatic nitrogens is 2. The average Bonchev–Trinajstić information content (AvgIpc) is 2.50. The Morgan fingerprint density at radius 2 is 1.72 bits per heavy atom. The molecule has 2 rings (SSSR count). The second-order valence-electron chi connectivity index (χ2n) is 4.76. The predicted molar refractivity (Wildman–Crippen MR) is 72.8 cm³/mol. The van der Waals surface area contributed by atoms with Crippen molar-refractivity contribution in [3.63, 3.8) is 0 Å². The van der Waals surface area contributed by atoms with Gasteiger partial charge in [-0.1, -0.05) is 18.2 Å². The van der Waals surface area contributed by atoms with Gasteiger partial charge in [-0.15, -0.1) is 0 Å². The van der Waals surface area contributed by atoms with Crippen LogP contribution < -0.4 is 10.2 Å². The topological polar surface area (TPSA) is 50.0 Å². The van der Waals surface area contributed by atoms with E-state index < -0.39 is 4.65 Å². The second-order valence-corrected chi connectivity index (χ2v) is 4.76. The van der Waals surface area contributed by atoms with Gasteiger partial charge >= 0.3 is 5.56 Å². The third-order valence-corrected chi connectivity index (χ3v) is 3.06. The average molecular weight is 247 g/mol. The van der Waals surface area contributed by atoms with Crippen molar-refractivity contribution < 1.29 is 0 Å². The van der Waals surface area contributed by atoms with Gasteiger partial charge in [0.1, 0.15) is 0 Å². The molecule has 1 aromatic carbocycles. The highest BCUT2D eigenvalue weighted by Gasteiger charge is 2.24. The smallest absolute Gasteiger partial charge is 0.333 e. The van der Waals surface area contributed by atoms with Gasteiger partial charge in [0, 0.05) is 7.05 Å². The fourth-order valence-corrected chi connectivity index (χ4v) is 2.17. The molecule has 5 nitrogen and oxygen atoms in total. The summed E-state index contributed by atoms with van der Waals surface area (Å²) in [5.41, 5.74) is 1.44. The van der Waals surface area contributed by atoms with Crippen LogP contribution in [0.4, 0.5) is 5.69 Å². The lowest BCUT2D eigenvalue weighted by Gasteiger charge is -2.31. The van der Waals surface area contributed by atoms with E-state index in [4.69, 9.17) is 0 Å². The summed E-state index contributed by atoms with van der Waals surface area (Å²) < 4.78 is 2.51. The molecule has 0 N–H and O–H groups in total. The van der Waals surface area contributed by atoms with Crippen molar-refractivity contribution in [1.29, 1.82) is 0 Å². The molecule has 0 saturated carbocycles. The van der Waals surface area contributed by atoms with Crippen LogP contribution in [0.2, 0.25) is 0 Å². The molecule has 96 valence electrons. The number of quaternary nitrogens is 1. The van der Waals surface area contributed by atoms with Crippen molar-refractivity contribution in [3.8, 4) is 5.69 Å². The van der Waals surface area contributed by atoms with Gasteiger partial charge in [0.2, 0.25) is 5.69 Å². The summed E-state index contributed by atoms with van der Waals surface area (Å²) in [5, 5.41) is 12.1. The van der Waals surface area contributed by atoms with Gasteiger partial charge in [-0.05, 0) is 19.1 Å². The van der Waals surface area contributed by atoms with Gasteiger partial charge in [0.15, 0.2) is 0 Å². The SMILES string of the molecule is Cc1c([N+](C)(C)[O-])c(=O)n(-c2ccccc2)n1C. The summed E-state index contributed by atoms with van der Waals surface area (Å²) >= 11 is 0. The van der Waals surface area contributed by atoms with Crippen LogP contribution in [0.5, 0.6) is 0 Å². The van der Waals surface area contributed by atoms with Crippen LogP contribution in [-0.2, 0) is 7.05 Å². The number of hydrogen-bond acceptors (Lipinski definition) is 2. The summed E-state index contributed by atoms with van der Waals surface area (Å²) in [5.74, 6) is 0. The van der Waals surface area contributed by atoms with Crippen molar-refractivity contribution in [2.45, 2.75) is 6.92 Å². The van der Waals surface area contributed by atoms with Gasteiger partial charge < -0.3 is 9.85 Å². The third kappa shape index (κ3) is 1.87. The molecule has 0 aliphatic heterocycles. The molecule has 0 saturated heterocycles. The molecule has 0 spiro atoms. The van der Waals surface area contributed by atoms with Crippen LogP contribution in [0.15, 0.2) is 35.1 Å². The molecule has 0 atom stereocenters. The van der Waals surface area contributed by atoms with E-state index in [2.05, 4.69) is 0 Å². The first-order valence-electron chi connectivity index (χ1n) is 5.73. The maximum Gasteiger partial charge on any atom is 0.333 e. The third-order valence-electron chi connectivity index (χ3n) is 3.06. The standard InChI is InChI=1S/C13H17N3O2/c1-10-12(16(3,4)18)13(17)15(14(10)2)11-8-6-5-7-9-11/h5-9H,1-4H3. The first-order chi connectivity index (χ1) is 8.34. The zero-order valence-corrected chi connectivity index (χ0v) is 11.0. The van der Waals surface area contributed by atoms with Crippen LogP contribution in [0, 0.1) is 12.1 Å². The van der Waals surface area contributed by atoms with Gasteiger partial charge in [0.25, 0.3) is 0 Å². The highest BCUT2D eigenvalue weighted by atomic mass is 16.5. The molecule has 0 amide bonds. The second kappa shape index (κ2) is 4.12. The number of rotatable bonds is 2. The lowest BCUT2D eigenvalue weighted by atomic mass is 10.3. The van der Waals surface area contributed by atoms with Crippen molar-refractivity contribution in [2.24, 2.45) is 7.05 Å². The van der Waals surface area contributed by atoms with Gasteiger partial charge in [-0.3, -0.25) is 9.48 Å². The van der Waals surface area contributed by atoms with E-state index in [-0.39, 0.29) is 11.2 Å². The molecular formula is C13H17N3O2. The highest BCUT2D eigenvalue weighted by molar-refractivity contribution is 5.48. The zero-order valence-electron chi connectivity index (χ0n) is 11.0. The van der Waals surface area contributed by atoms with Gasteiger partial charge in [-0.25, -0.2) is 4.68 Å². The number of benzene rings is 1. The van der Waals surface area contributed by atoms with E-state index >= 15 is 0 Å². The zero-order chi connectivity index (χ0) is 13.5. The molecule has 0 radical (unpaired) electrons. The Balaban J connectivity index is 2.77. The van der Waals surface area contributed by atoms with Crippen molar-refractivity contribution in [2.75, 3.05) is 14.1 Å². The van der Waals surface area contributed by atoms with E-state index in [1.807, 2.05) is 30.3 Å². The monoisotopic (exact) mass is 247 g/mol. The molecule has 0 aliphatic rings. The minimum Gasteiger partial charge on any atom is -0.628 e. The minimum absolute atomic E-state index is 0.263. The number of para-hydroxylation sites is 1. The summed E-state index contributed by atoms with van der Waals surface area (Å²) in [6.45, 7) is 1.79. The van der Waals surface area contributed by atoms with Crippen LogP contribution in [0.1, 0.15) is 5.69 Å². The molecule has 5 heteroatoms. The molecule has 0 fully saturated rings. The summed E-state index contributed by atoms with van der Waals surface area (Å²) in [6.07, 6.45) is 0. The van der Waals surface area contributed by atoms with Crippen LogP contribution in [0.25, 0.3) is 5.69 Å². The van der Waals surface area contributed by atoms with Crippen molar-refractivity contribution >= 4 is 5.69 Å². The lowest BCUT2D eigenvalue weighted by molar-refractivity contribution is 0.536. The van der Waals surface area contributed by atoms with Gasteiger partial charge in [0.05, 0.1) is 25.5 Å².